The molecule has 1 aromatic carbocycles. The van der Waals surface area contributed by atoms with Crippen LogP contribution in [0.3, 0.4) is 0 Å². The molecule has 1 rings (SSSR count). The number of amides is 1. The predicted octanol–water partition coefficient (Wildman–Crippen LogP) is 0.968. The molecule has 0 saturated heterocycles. The Morgan fingerprint density at radius 1 is 1.39 bits per heavy atom. The average molecular weight is 247 g/mol. The van der Waals surface area contributed by atoms with E-state index < -0.39 is 5.97 Å². The van der Waals surface area contributed by atoms with Crippen molar-refractivity contribution in [3.63, 3.8) is 0 Å². The monoisotopic (exact) mass is 247 g/mol. The van der Waals surface area contributed by atoms with Crippen molar-refractivity contribution in [3.8, 4) is 17.6 Å². The summed E-state index contributed by atoms with van der Waals surface area (Å²) in [7, 11) is 0. The summed E-state index contributed by atoms with van der Waals surface area (Å²) < 4.78 is 0. The first kappa shape index (κ1) is 13.6. The zero-order valence-electron chi connectivity index (χ0n) is 9.86. The highest BCUT2D eigenvalue weighted by Crippen LogP contribution is 2.17. The van der Waals surface area contributed by atoms with Gasteiger partial charge in [0.05, 0.1) is 11.1 Å². The van der Waals surface area contributed by atoms with E-state index in [2.05, 4.69) is 17.2 Å². The molecule has 0 radical (unpaired) electrons. The second-order valence-corrected chi connectivity index (χ2v) is 3.57. The van der Waals surface area contributed by atoms with E-state index >= 15 is 0 Å². The Balaban J connectivity index is 2.65. The fourth-order valence-corrected chi connectivity index (χ4v) is 1.23. The molecule has 18 heavy (non-hydrogen) atoms. The van der Waals surface area contributed by atoms with Gasteiger partial charge >= 0.3 is 5.97 Å². The average Bonchev–Trinajstić information content (AvgIpc) is 2.29. The van der Waals surface area contributed by atoms with E-state index in [4.69, 9.17) is 5.11 Å². The molecule has 0 aromatic heterocycles. The van der Waals surface area contributed by atoms with Crippen LogP contribution in [0.15, 0.2) is 18.2 Å². The highest BCUT2D eigenvalue weighted by molar-refractivity contribution is 5.88. The minimum absolute atomic E-state index is 0.0105. The summed E-state index contributed by atoms with van der Waals surface area (Å²) in [6.45, 7) is 1.86. The highest BCUT2D eigenvalue weighted by Gasteiger charge is 2.05. The highest BCUT2D eigenvalue weighted by atomic mass is 16.4. The summed E-state index contributed by atoms with van der Waals surface area (Å²) in [5.74, 6) is 4.10. The Labute approximate surface area is 104 Å². The van der Waals surface area contributed by atoms with Crippen LogP contribution in [0.2, 0.25) is 0 Å². The van der Waals surface area contributed by atoms with E-state index in [0.717, 1.165) is 6.07 Å². The summed E-state index contributed by atoms with van der Waals surface area (Å²) in [4.78, 5) is 21.2. The lowest BCUT2D eigenvalue weighted by atomic mass is 10.1. The van der Waals surface area contributed by atoms with Gasteiger partial charge in [0, 0.05) is 19.9 Å². The molecule has 1 aromatic rings. The lowest BCUT2D eigenvalue weighted by molar-refractivity contribution is -0.118. The Kier molecular flexibility index (Phi) is 4.76. The Morgan fingerprint density at radius 3 is 2.67 bits per heavy atom. The number of rotatable bonds is 3. The van der Waals surface area contributed by atoms with E-state index in [1.807, 2.05) is 0 Å². The summed E-state index contributed by atoms with van der Waals surface area (Å²) in [5, 5.41) is 20.8. The molecule has 0 saturated carbocycles. The third kappa shape index (κ3) is 4.18. The van der Waals surface area contributed by atoms with Gasteiger partial charge in [0.2, 0.25) is 5.91 Å². The second-order valence-electron chi connectivity index (χ2n) is 3.57. The Bertz CT molecular complexity index is 526. The van der Waals surface area contributed by atoms with Crippen LogP contribution < -0.4 is 5.32 Å². The molecular weight excluding hydrogens is 234 g/mol. The van der Waals surface area contributed by atoms with Gasteiger partial charge in [0.15, 0.2) is 0 Å². The fourth-order valence-electron chi connectivity index (χ4n) is 1.23. The summed E-state index contributed by atoms with van der Waals surface area (Å²) in [6.07, 6.45) is 0.458. The number of aromatic hydroxyl groups is 1. The first-order valence-corrected chi connectivity index (χ1v) is 5.30. The lowest BCUT2D eigenvalue weighted by Gasteiger charge is -1.99. The molecule has 0 bridgehead atoms. The van der Waals surface area contributed by atoms with Crippen LogP contribution in [0.1, 0.15) is 29.3 Å². The van der Waals surface area contributed by atoms with Gasteiger partial charge < -0.3 is 15.5 Å². The topological polar surface area (TPSA) is 86.6 Å². The predicted molar refractivity (Wildman–Crippen MR) is 65.2 cm³/mol. The molecule has 94 valence electrons. The van der Waals surface area contributed by atoms with Gasteiger partial charge in [-0.1, -0.05) is 11.8 Å². The number of phenolic OH excluding ortho intramolecular Hbond substituents is 1. The number of hydrogen-bond acceptors (Lipinski definition) is 3. The van der Waals surface area contributed by atoms with Crippen LogP contribution in [0.25, 0.3) is 0 Å². The standard InChI is InChI=1S/C13H13NO4/c1-9(15)14-7-3-2-4-10-5-6-11(13(17)18)8-12(10)16/h5-6,8,16H,3,7H2,1H3,(H,14,15)(H,17,18). The molecule has 0 unspecified atom stereocenters. The van der Waals surface area contributed by atoms with E-state index in [0.29, 0.717) is 18.5 Å². The minimum atomic E-state index is -1.10. The minimum Gasteiger partial charge on any atom is -0.507 e. The number of phenols is 1. The maximum absolute atomic E-state index is 10.6. The zero-order chi connectivity index (χ0) is 13.5. The number of benzene rings is 1. The third-order valence-corrected chi connectivity index (χ3v) is 2.09. The second kappa shape index (κ2) is 6.30. The molecule has 0 fully saturated rings. The van der Waals surface area contributed by atoms with Crippen molar-refractivity contribution in [1.29, 1.82) is 0 Å². The first-order valence-electron chi connectivity index (χ1n) is 5.30. The molecule has 1 amide bonds. The van der Waals surface area contributed by atoms with Gasteiger partial charge in [0.25, 0.3) is 0 Å². The van der Waals surface area contributed by atoms with Gasteiger partial charge in [0.1, 0.15) is 5.75 Å². The summed E-state index contributed by atoms with van der Waals surface area (Å²) >= 11 is 0. The normalized spacial score (nSPS) is 9.17. The summed E-state index contributed by atoms with van der Waals surface area (Å²) in [5.41, 5.74) is 0.374. The van der Waals surface area contributed by atoms with E-state index in [9.17, 15) is 14.7 Å². The van der Waals surface area contributed by atoms with Crippen LogP contribution in [0.4, 0.5) is 0 Å². The first-order chi connectivity index (χ1) is 8.50. The number of carbonyl (C=O) groups excluding carboxylic acids is 1. The van der Waals surface area contributed by atoms with Crippen LogP contribution >= 0.6 is 0 Å². The van der Waals surface area contributed by atoms with Gasteiger partial charge in [-0.05, 0) is 18.2 Å². The van der Waals surface area contributed by atoms with Crippen LogP contribution in [-0.4, -0.2) is 28.6 Å². The third-order valence-electron chi connectivity index (χ3n) is 2.09. The number of carbonyl (C=O) groups is 2. The molecule has 5 nitrogen and oxygen atoms in total. The van der Waals surface area contributed by atoms with Crippen LogP contribution in [0.5, 0.6) is 5.75 Å². The lowest BCUT2D eigenvalue weighted by Crippen LogP contribution is -2.20. The van der Waals surface area contributed by atoms with Crippen molar-refractivity contribution in [2.75, 3.05) is 6.54 Å². The van der Waals surface area contributed by atoms with Crippen LogP contribution in [0, 0.1) is 11.8 Å². The Hall–Kier alpha value is -2.48. The van der Waals surface area contributed by atoms with E-state index in [1.54, 1.807) is 0 Å². The van der Waals surface area contributed by atoms with Gasteiger partial charge in [-0.3, -0.25) is 4.79 Å². The SMILES string of the molecule is CC(=O)NCCC#Cc1ccc(C(=O)O)cc1O. The zero-order valence-corrected chi connectivity index (χ0v) is 9.86. The molecule has 0 aliphatic heterocycles. The van der Waals surface area contributed by atoms with E-state index in [-0.39, 0.29) is 17.2 Å². The molecule has 0 atom stereocenters. The number of hydrogen-bond donors (Lipinski definition) is 3. The maximum atomic E-state index is 10.6. The molecule has 5 heteroatoms. The molecular formula is C13H13NO4. The van der Waals surface area contributed by atoms with Gasteiger partial charge in [-0.25, -0.2) is 4.79 Å². The van der Waals surface area contributed by atoms with Crippen molar-refractivity contribution in [3.05, 3.63) is 29.3 Å². The molecule has 0 aliphatic rings. The number of aromatic carboxylic acids is 1. The largest absolute Gasteiger partial charge is 0.507 e. The molecule has 0 heterocycles. The van der Waals surface area contributed by atoms with E-state index in [1.165, 1.54) is 19.1 Å². The molecule has 0 spiro atoms. The smallest absolute Gasteiger partial charge is 0.335 e. The van der Waals surface area contributed by atoms with Crippen molar-refractivity contribution < 1.29 is 19.8 Å². The van der Waals surface area contributed by atoms with Crippen molar-refractivity contribution >= 4 is 11.9 Å². The van der Waals surface area contributed by atoms with Crippen molar-refractivity contribution in [2.24, 2.45) is 0 Å². The number of nitrogens with one attached hydrogen (secondary N) is 1. The van der Waals surface area contributed by atoms with Crippen molar-refractivity contribution in [1.82, 2.24) is 5.32 Å². The van der Waals surface area contributed by atoms with Gasteiger partial charge in [-0.15, -0.1) is 0 Å². The maximum Gasteiger partial charge on any atom is 0.335 e. The fraction of sp³-hybridized carbons (Fsp3) is 0.231. The number of carboxylic acids is 1. The summed E-state index contributed by atoms with van der Waals surface area (Å²) in [6, 6.07) is 3.98. The quantitative estimate of drug-likeness (QED) is 0.548. The molecule has 3 N–H and O–H groups in total. The van der Waals surface area contributed by atoms with Crippen molar-refractivity contribution in [2.45, 2.75) is 13.3 Å². The number of carboxylic acid groups (broad SMARTS) is 1. The van der Waals surface area contributed by atoms with Crippen LogP contribution in [-0.2, 0) is 4.79 Å². The van der Waals surface area contributed by atoms with Gasteiger partial charge in [-0.2, -0.15) is 0 Å². The molecule has 0 aliphatic carbocycles. The Morgan fingerprint density at radius 2 is 2.11 bits per heavy atom.